The third-order valence-electron chi connectivity index (χ3n) is 6.21. The van der Waals surface area contributed by atoms with Crippen LogP contribution in [-0.2, 0) is 14.3 Å². The molecule has 0 spiro atoms. The molecule has 198 valence electrons. The summed E-state index contributed by atoms with van der Waals surface area (Å²) in [5.74, 6) is -0.999. The van der Waals surface area contributed by atoms with Gasteiger partial charge in [-0.3, -0.25) is 14.9 Å². The third-order valence-corrected chi connectivity index (χ3v) is 6.21. The highest BCUT2D eigenvalue weighted by atomic mass is 16.6. The molecule has 0 fully saturated rings. The predicted molar refractivity (Wildman–Crippen MR) is 149 cm³/mol. The van der Waals surface area contributed by atoms with Gasteiger partial charge in [-0.2, -0.15) is 0 Å². The summed E-state index contributed by atoms with van der Waals surface area (Å²) in [4.78, 5) is 37.9. The number of benzene rings is 3. The number of hydrogen-bond acceptors (Lipinski definition) is 6. The zero-order valence-corrected chi connectivity index (χ0v) is 22.3. The summed E-state index contributed by atoms with van der Waals surface area (Å²) >= 11 is 0. The number of rotatable bonds is 12. The number of esters is 1. The van der Waals surface area contributed by atoms with Gasteiger partial charge in [0.05, 0.1) is 4.92 Å². The zero-order chi connectivity index (χ0) is 27.7. The number of nitrogens with zero attached hydrogens (tertiary/aromatic N) is 2. The number of carbonyl (C=O) groups is 2. The van der Waals surface area contributed by atoms with Crippen molar-refractivity contribution >= 4 is 23.5 Å². The first-order chi connectivity index (χ1) is 18.1. The van der Waals surface area contributed by atoms with Crippen molar-refractivity contribution in [1.29, 1.82) is 0 Å². The van der Waals surface area contributed by atoms with E-state index in [-0.39, 0.29) is 17.2 Å². The first-order valence-corrected chi connectivity index (χ1v) is 12.5. The Morgan fingerprint density at radius 1 is 0.974 bits per heavy atom. The number of likely N-dealkylation sites (N-methyl/N-ethyl adjacent to an activating group) is 1. The van der Waals surface area contributed by atoms with Crippen LogP contribution in [0.15, 0.2) is 90.5 Å². The van der Waals surface area contributed by atoms with Gasteiger partial charge < -0.3 is 9.64 Å². The lowest BCUT2D eigenvalue weighted by Gasteiger charge is -2.31. The van der Waals surface area contributed by atoms with E-state index in [1.54, 1.807) is 19.9 Å². The Bertz CT molecular complexity index is 1250. The quantitative estimate of drug-likeness (QED) is 0.0731. The Morgan fingerprint density at radius 3 is 2.08 bits per heavy atom. The van der Waals surface area contributed by atoms with E-state index < -0.39 is 22.3 Å². The van der Waals surface area contributed by atoms with E-state index in [0.717, 1.165) is 13.0 Å². The van der Waals surface area contributed by atoms with Crippen LogP contribution in [0, 0.1) is 10.1 Å². The third kappa shape index (κ3) is 8.21. The van der Waals surface area contributed by atoms with Crippen molar-refractivity contribution < 1.29 is 19.2 Å². The number of ether oxygens (including phenoxy) is 1. The highest BCUT2D eigenvalue weighted by Crippen LogP contribution is 2.28. The van der Waals surface area contributed by atoms with E-state index in [4.69, 9.17) is 4.74 Å². The van der Waals surface area contributed by atoms with E-state index in [0.29, 0.717) is 12.1 Å². The number of carbonyl (C=O) groups excluding carboxylic acids is 2. The molecule has 7 nitrogen and oxygen atoms in total. The molecule has 0 N–H and O–H groups in total. The van der Waals surface area contributed by atoms with Crippen LogP contribution in [-0.4, -0.2) is 47.3 Å². The number of non-ortho nitro benzene ring substituents is 1. The van der Waals surface area contributed by atoms with Gasteiger partial charge in [0.1, 0.15) is 11.2 Å². The molecule has 0 unspecified atom stereocenters. The van der Waals surface area contributed by atoms with Crippen molar-refractivity contribution in [3.05, 3.63) is 117 Å². The summed E-state index contributed by atoms with van der Waals surface area (Å²) in [6.45, 7) is 6.10. The van der Waals surface area contributed by atoms with Crippen LogP contribution in [0.2, 0.25) is 0 Å². The number of Topliss-reactive ketones (excluding diaryl/α,β-unsaturated/α-hetero) is 1. The standard InChI is InChI=1S/C31H34N2O5/c1-23(34)29(21-24-12-11-17-27(20-24)33(36)37)30(35)38-31(2,3)22-32(4)19-18-28(25-13-7-5-8-14-25)26-15-9-6-10-16-26/h5-17,20-21,28H,18-19,22H2,1-4H3/b29-21-. The van der Waals surface area contributed by atoms with Gasteiger partial charge >= 0.3 is 5.97 Å². The summed E-state index contributed by atoms with van der Waals surface area (Å²) in [6, 6.07) is 26.5. The molecule has 3 aromatic rings. The molecule has 3 aromatic carbocycles. The lowest BCUT2D eigenvalue weighted by molar-refractivity contribution is -0.384. The van der Waals surface area contributed by atoms with E-state index in [1.165, 1.54) is 42.3 Å². The maximum Gasteiger partial charge on any atom is 0.342 e. The summed E-state index contributed by atoms with van der Waals surface area (Å²) in [6.07, 6.45) is 2.21. The number of hydrogen-bond donors (Lipinski definition) is 0. The van der Waals surface area contributed by atoms with Gasteiger partial charge in [0.2, 0.25) is 0 Å². The normalized spacial score (nSPS) is 12.0. The second-order valence-corrected chi connectivity index (χ2v) is 10.0. The van der Waals surface area contributed by atoms with E-state index in [9.17, 15) is 19.7 Å². The lowest BCUT2D eigenvalue weighted by Crippen LogP contribution is -2.41. The topological polar surface area (TPSA) is 89.8 Å². The molecule has 3 rings (SSSR count). The van der Waals surface area contributed by atoms with Crippen LogP contribution < -0.4 is 0 Å². The molecular weight excluding hydrogens is 480 g/mol. The first-order valence-electron chi connectivity index (χ1n) is 12.5. The van der Waals surface area contributed by atoms with Crippen molar-refractivity contribution in [2.24, 2.45) is 0 Å². The smallest absolute Gasteiger partial charge is 0.342 e. The summed E-state index contributed by atoms with van der Waals surface area (Å²) in [5, 5.41) is 11.1. The molecule has 38 heavy (non-hydrogen) atoms. The van der Waals surface area contributed by atoms with E-state index in [2.05, 4.69) is 29.2 Å². The van der Waals surface area contributed by atoms with Crippen LogP contribution in [0.5, 0.6) is 0 Å². The average molecular weight is 515 g/mol. The van der Waals surface area contributed by atoms with E-state index >= 15 is 0 Å². The maximum atomic E-state index is 13.0. The molecule has 0 radical (unpaired) electrons. The molecule has 0 aliphatic rings. The van der Waals surface area contributed by atoms with Gasteiger partial charge in [-0.05, 0) is 63.6 Å². The van der Waals surface area contributed by atoms with Gasteiger partial charge in [0.15, 0.2) is 5.78 Å². The van der Waals surface area contributed by atoms with Crippen LogP contribution in [0.4, 0.5) is 5.69 Å². The summed E-state index contributed by atoms with van der Waals surface area (Å²) in [5.41, 5.74) is 1.71. The maximum absolute atomic E-state index is 13.0. The Labute approximate surface area is 223 Å². The minimum Gasteiger partial charge on any atom is -0.455 e. The predicted octanol–water partition coefficient (Wildman–Crippen LogP) is 6.04. The van der Waals surface area contributed by atoms with Gasteiger partial charge in [-0.25, -0.2) is 4.79 Å². The first kappa shape index (κ1) is 28.5. The molecule has 7 heteroatoms. The SMILES string of the molecule is CC(=O)/C(=C/c1cccc([N+](=O)[O-])c1)C(=O)OC(C)(C)CN(C)CCC(c1ccccc1)c1ccccc1. The molecule has 0 aliphatic heterocycles. The number of nitro groups is 1. The molecule has 0 bridgehead atoms. The van der Waals surface area contributed by atoms with Crippen LogP contribution in [0.25, 0.3) is 6.08 Å². The summed E-state index contributed by atoms with van der Waals surface area (Å²) in [7, 11) is 1.98. The van der Waals surface area contributed by atoms with Crippen molar-refractivity contribution in [1.82, 2.24) is 4.90 Å². The van der Waals surface area contributed by atoms with Crippen LogP contribution >= 0.6 is 0 Å². The van der Waals surface area contributed by atoms with Crippen molar-refractivity contribution in [3.8, 4) is 0 Å². The van der Waals surface area contributed by atoms with E-state index in [1.807, 2.05) is 43.4 Å². The molecular formula is C31H34N2O5. The van der Waals surface area contributed by atoms with Crippen LogP contribution in [0.3, 0.4) is 0 Å². The Hall–Kier alpha value is -4.10. The Morgan fingerprint density at radius 2 is 1.55 bits per heavy atom. The zero-order valence-electron chi connectivity index (χ0n) is 22.3. The van der Waals surface area contributed by atoms with Crippen molar-refractivity contribution in [3.63, 3.8) is 0 Å². The fraction of sp³-hybridized carbons (Fsp3) is 0.290. The minimum absolute atomic E-state index is 0.124. The Balaban J connectivity index is 1.67. The minimum atomic E-state index is -0.877. The van der Waals surface area contributed by atoms with Gasteiger partial charge in [0, 0.05) is 24.6 Å². The average Bonchev–Trinajstić information content (AvgIpc) is 2.88. The highest BCUT2D eigenvalue weighted by molar-refractivity contribution is 6.19. The second kappa shape index (κ2) is 12.9. The lowest BCUT2D eigenvalue weighted by atomic mass is 9.88. The van der Waals surface area contributed by atoms with Gasteiger partial charge in [-0.1, -0.05) is 72.8 Å². The van der Waals surface area contributed by atoms with Gasteiger partial charge in [0.25, 0.3) is 5.69 Å². The Kier molecular flexibility index (Phi) is 9.68. The molecule has 0 amide bonds. The molecule has 0 aromatic heterocycles. The fourth-order valence-corrected chi connectivity index (χ4v) is 4.51. The van der Waals surface area contributed by atoms with Gasteiger partial charge in [-0.15, -0.1) is 0 Å². The van der Waals surface area contributed by atoms with Crippen molar-refractivity contribution in [2.75, 3.05) is 20.1 Å². The highest BCUT2D eigenvalue weighted by Gasteiger charge is 2.28. The van der Waals surface area contributed by atoms with Crippen LogP contribution in [0.1, 0.15) is 49.8 Å². The second-order valence-electron chi connectivity index (χ2n) is 10.0. The molecule has 0 saturated carbocycles. The number of nitro benzene ring substituents is 1. The molecule has 0 atom stereocenters. The van der Waals surface area contributed by atoms with Crippen molar-refractivity contribution in [2.45, 2.75) is 38.7 Å². The molecule has 0 saturated heterocycles. The molecule has 0 aliphatic carbocycles. The monoisotopic (exact) mass is 514 g/mol. The summed E-state index contributed by atoms with van der Waals surface area (Å²) < 4.78 is 5.75. The number of ketones is 1. The molecule has 0 heterocycles. The fourth-order valence-electron chi connectivity index (χ4n) is 4.51. The largest absolute Gasteiger partial charge is 0.455 e.